The minimum Gasteiger partial charge on any atom is -0.378 e. The Hall–Kier alpha value is -2.52. The second-order valence-corrected chi connectivity index (χ2v) is 9.20. The number of anilines is 3. The van der Waals surface area contributed by atoms with Gasteiger partial charge in [0.15, 0.2) is 5.11 Å². The summed E-state index contributed by atoms with van der Waals surface area (Å²) < 4.78 is 18.6. The molecule has 0 unspecified atom stereocenters. The van der Waals surface area contributed by atoms with E-state index in [9.17, 15) is 4.39 Å². The lowest BCUT2D eigenvalue weighted by Gasteiger charge is -2.36. The average Bonchev–Trinajstić information content (AvgIpc) is 2.78. The predicted octanol–water partition coefficient (Wildman–Crippen LogP) is 3.42. The first-order valence-corrected chi connectivity index (χ1v) is 11.6. The van der Waals surface area contributed by atoms with Crippen LogP contribution in [0.2, 0.25) is 0 Å². The van der Waals surface area contributed by atoms with Crippen molar-refractivity contribution in [3.05, 3.63) is 41.7 Å². The third kappa shape index (κ3) is 6.04. The van der Waals surface area contributed by atoms with Crippen LogP contribution in [-0.4, -0.2) is 54.5 Å². The van der Waals surface area contributed by atoms with Crippen molar-refractivity contribution in [2.75, 3.05) is 54.5 Å². The van der Waals surface area contributed by atoms with E-state index in [2.05, 4.69) is 40.3 Å². The minimum absolute atomic E-state index is 0.253. The number of ether oxygens (including phenoxy) is 1. The summed E-state index contributed by atoms with van der Waals surface area (Å²) in [4.78, 5) is 14.1. The molecule has 7 nitrogen and oxygen atoms in total. The molecule has 2 fully saturated rings. The first kappa shape index (κ1) is 22.7. The number of rotatable bonds is 5. The van der Waals surface area contributed by atoms with E-state index in [1.165, 1.54) is 18.6 Å². The average molecular weight is 459 g/mol. The van der Waals surface area contributed by atoms with Gasteiger partial charge in [0.1, 0.15) is 17.5 Å². The molecule has 2 aromatic rings. The largest absolute Gasteiger partial charge is 0.378 e. The molecule has 0 radical (unpaired) electrons. The molecule has 0 aliphatic carbocycles. The molecule has 4 rings (SSSR count). The van der Waals surface area contributed by atoms with Crippen molar-refractivity contribution in [3.8, 4) is 0 Å². The smallest absolute Gasteiger partial charge is 0.232 e. The Morgan fingerprint density at radius 1 is 1.06 bits per heavy atom. The van der Waals surface area contributed by atoms with Crippen LogP contribution < -0.4 is 20.4 Å². The fourth-order valence-electron chi connectivity index (χ4n) is 4.37. The molecule has 2 atom stereocenters. The van der Waals surface area contributed by atoms with Gasteiger partial charge in [-0.15, -0.1) is 0 Å². The highest BCUT2D eigenvalue weighted by Crippen LogP contribution is 2.28. The summed E-state index contributed by atoms with van der Waals surface area (Å²) in [5.74, 6) is 3.27. The van der Waals surface area contributed by atoms with Gasteiger partial charge in [-0.3, -0.25) is 0 Å². The number of nitrogens with zero attached hydrogens (tertiary/aromatic N) is 4. The van der Waals surface area contributed by atoms with Gasteiger partial charge >= 0.3 is 0 Å². The molecule has 32 heavy (non-hydrogen) atoms. The highest BCUT2D eigenvalue weighted by atomic mass is 32.1. The summed E-state index contributed by atoms with van der Waals surface area (Å²) >= 11 is 5.47. The molecule has 3 heterocycles. The monoisotopic (exact) mass is 458 g/mol. The number of halogens is 1. The minimum atomic E-state index is -0.253. The lowest BCUT2D eigenvalue weighted by Crippen LogP contribution is -2.40. The van der Waals surface area contributed by atoms with Gasteiger partial charge in [0, 0.05) is 38.8 Å². The molecule has 0 spiro atoms. The topological polar surface area (TPSA) is 65.6 Å². The lowest BCUT2D eigenvalue weighted by atomic mass is 9.92. The molecule has 0 bridgehead atoms. The van der Waals surface area contributed by atoms with Crippen molar-refractivity contribution in [2.24, 2.45) is 11.8 Å². The number of nitrogens with one attached hydrogen (secondary N) is 2. The zero-order chi connectivity index (χ0) is 22.5. The van der Waals surface area contributed by atoms with Crippen LogP contribution in [0.15, 0.2) is 30.3 Å². The van der Waals surface area contributed by atoms with Gasteiger partial charge in [0.25, 0.3) is 0 Å². The van der Waals surface area contributed by atoms with Crippen molar-refractivity contribution < 1.29 is 9.13 Å². The third-order valence-corrected chi connectivity index (χ3v) is 6.07. The summed E-state index contributed by atoms with van der Waals surface area (Å²) in [6, 6.07) is 8.43. The highest BCUT2D eigenvalue weighted by molar-refractivity contribution is 7.80. The predicted molar refractivity (Wildman–Crippen MR) is 130 cm³/mol. The Labute approximate surface area is 194 Å². The van der Waals surface area contributed by atoms with Gasteiger partial charge in [-0.2, -0.15) is 9.97 Å². The fourth-order valence-corrected chi connectivity index (χ4v) is 4.54. The summed E-state index contributed by atoms with van der Waals surface area (Å²) in [5, 5.41) is 6.72. The van der Waals surface area contributed by atoms with E-state index in [0.29, 0.717) is 42.7 Å². The number of thiocarbonyl (C=S) groups is 1. The molecular formula is C23H31FN6OS. The van der Waals surface area contributed by atoms with Gasteiger partial charge in [0.05, 0.1) is 13.2 Å². The van der Waals surface area contributed by atoms with Crippen LogP contribution in [-0.2, 0) is 11.3 Å². The molecule has 0 saturated carbocycles. The number of morpholine rings is 1. The molecule has 2 saturated heterocycles. The first-order valence-electron chi connectivity index (χ1n) is 11.2. The normalized spacial score (nSPS) is 21.3. The number of benzene rings is 1. The van der Waals surface area contributed by atoms with Gasteiger partial charge in [-0.05, 0) is 48.2 Å². The van der Waals surface area contributed by atoms with Crippen molar-refractivity contribution in [3.63, 3.8) is 0 Å². The number of piperidine rings is 1. The lowest BCUT2D eigenvalue weighted by molar-refractivity contribution is 0.122. The number of aromatic nitrogens is 2. The maximum Gasteiger partial charge on any atom is 0.232 e. The Morgan fingerprint density at radius 3 is 2.34 bits per heavy atom. The summed E-state index contributed by atoms with van der Waals surface area (Å²) in [6.45, 7) is 10.0. The van der Waals surface area contributed by atoms with E-state index >= 15 is 0 Å². The fraction of sp³-hybridized carbons (Fsp3) is 0.522. The Bertz CT molecular complexity index is 911. The number of hydrogen-bond donors (Lipinski definition) is 2. The zero-order valence-electron chi connectivity index (χ0n) is 18.7. The van der Waals surface area contributed by atoms with E-state index in [1.807, 2.05) is 0 Å². The van der Waals surface area contributed by atoms with Gasteiger partial charge in [0.2, 0.25) is 5.95 Å². The van der Waals surface area contributed by atoms with Crippen molar-refractivity contribution >= 4 is 34.9 Å². The second-order valence-electron chi connectivity index (χ2n) is 8.79. The van der Waals surface area contributed by atoms with E-state index in [1.54, 1.807) is 12.1 Å². The molecular weight excluding hydrogens is 427 g/mol. The molecule has 2 aliphatic rings. The van der Waals surface area contributed by atoms with Crippen LogP contribution in [0.25, 0.3) is 0 Å². The van der Waals surface area contributed by atoms with E-state index < -0.39 is 0 Å². The maximum absolute atomic E-state index is 13.1. The molecule has 9 heteroatoms. The molecule has 1 aromatic carbocycles. The van der Waals surface area contributed by atoms with Gasteiger partial charge in [-0.25, -0.2) is 4.39 Å². The zero-order valence-corrected chi connectivity index (χ0v) is 19.5. The van der Waals surface area contributed by atoms with Crippen LogP contribution in [0, 0.1) is 17.7 Å². The molecule has 0 amide bonds. The van der Waals surface area contributed by atoms with Gasteiger partial charge < -0.3 is 25.2 Å². The Kier molecular flexibility index (Phi) is 7.36. The quantitative estimate of drug-likeness (QED) is 0.661. The summed E-state index contributed by atoms with van der Waals surface area (Å²) in [7, 11) is 0. The van der Waals surface area contributed by atoms with Crippen LogP contribution in [0.1, 0.15) is 25.8 Å². The maximum atomic E-state index is 13.1. The molecule has 1 aromatic heterocycles. The third-order valence-electron chi connectivity index (χ3n) is 5.82. The summed E-state index contributed by atoms with van der Waals surface area (Å²) in [5.41, 5.74) is 0.940. The van der Waals surface area contributed by atoms with Gasteiger partial charge in [-0.1, -0.05) is 26.0 Å². The van der Waals surface area contributed by atoms with E-state index in [-0.39, 0.29) is 5.82 Å². The highest BCUT2D eigenvalue weighted by Gasteiger charge is 2.25. The molecule has 2 N–H and O–H groups in total. The molecule has 2 aliphatic heterocycles. The standard InChI is InChI=1S/C23H31FN6OS/c1-16-11-17(2)15-30(14-16)21-12-20(29-7-9-31-10-8-29)26-22(27-21)28-23(32)25-13-18-3-5-19(24)6-4-18/h3-6,12,16-17H,7-11,13-15H2,1-2H3,(H2,25,26,27,28,32)/t16-,17-/m0/s1. The van der Waals surface area contributed by atoms with E-state index in [0.717, 1.165) is 43.4 Å². The number of hydrogen-bond acceptors (Lipinski definition) is 6. The first-order chi connectivity index (χ1) is 15.5. The van der Waals surface area contributed by atoms with Crippen molar-refractivity contribution in [1.29, 1.82) is 0 Å². The van der Waals surface area contributed by atoms with Crippen LogP contribution >= 0.6 is 12.2 Å². The molecule has 172 valence electrons. The van der Waals surface area contributed by atoms with Crippen LogP contribution in [0.5, 0.6) is 0 Å². The van der Waals surface area contributed by atoms with E-state index in [4.69, 9.17) is 26.9 Å². The van der Waals surface area contributed by atoms with Crippen molar-refractivity contribution in [2.45, 2.75) is 26.8 Å². The Morgan fingerprint density at radius 2 is 1.69 bits per heavy atom. The van der Waals surface area contributed by atoms with Crippen LogP contribution in [0.4, 0.5) is 22.0 Å². The second kappa shape index (κ2) is 10.4. The van der Waals surface area contributed by atoms with Crippen LogP contribution in [0.3, 0.4) is 0 Å². The summed E-state index contributed by atoms with van der Waals surface area (Å²) in [6.07, 6.45) is 1.24. The Balaban J connectivity index is 1.50. The SMILES string of the molecule is C[C@H]1C[C@H](C)CN(c2cc(N3CCOCC3)nc(NC(=S)NCc3ccc(F)cc3)n2)C1. The van der Waals surface area contributed by atoms with Crippen molar-refractivity contribution in [1.82, 2.24) is 15.3 Å².